The van der Waals surface area contributed by atoms with Gasteiger partial charge in [0.05, 0.1) is 0 Å². The highest BCUT2D eigenvalue weighted by molar-refractivity contribution is 5.92. The number of nitrogens with two attached hydrogens (primary N) is 1. The van der Waals surface area contributed by atoms with Crippen LogP contribution < -0.4 is 11.1 Å². The van der Waals surface area contributed by atoms with Crippen LogP contribution in [0.25, 0.3) is 0 Å². The van der Waals surface area contributed by atoms with E-state index >= 15 is 0 Å². The molecule has 5 nitrogen and oxygen atoms in total. The molecule has 0 radical (unpaired) electrons. The lowest BCUT2D eigenvalue weighted by Gasteiger charge is -2.20. The van der Waals surface area contributed by atoms with Gasteiger partial charge in [-0.1, -0.05) is 0 Å². The molecule has 1 saturated heterocycles. The van der Waals surface area contributed by atoms with Crippen LogP contribution >= 0.6 is 0 Å². The number of likely N-dealkylation sites (tertiary alicyclic amines) is 1. The topological polar surface area (TPSA) is 71.2 Å². The zero-order chi connectivity index (χ0) is 13.8. The summed E-state index contributed by atoms with van der Waals surface area (Å²) in [5.74, 6) is 0.391. The van der Waals surface area contributed by atoms with Crippen molar-refractivity contribution in [1.29, 1.82) is 0 Å². The van der Waals surface area contributed by atoms with Gasteiger partial charge in [0.2, 0.25) is 0 Å². The number of rotatable bonds is 4. The number of hydrogen-bond donors (Lipinski definition) is 2. The molecule has 0 aliphatic carbocycles. The maximum atomic E-state index is 11.9. The molecule has 3 N–H and O–H groups in total. The van der Waals surface area contributed by atoms with Gasteiger partial charge in [0.1, 0.15) is 5.69 Å². The monoisotopic (exact) mass is 262 g/mol. The first-order chi connectivity index (χ1) is 9.06. The smallest absolute Gasteiger partial charge is 0.269 e. The molecule has 2 rings (SSSR count). The van der Waals surface area contributed by atoms with Gasteiger partial charge in [0.25, 0.3) is 5.91 Å². The Morgan fingerprint density at radius 1 is 1.63 bits per heavy atom. The molecule has 5 heteroatoms. The number of pyridine rings is 1. The van der Waals surface area contributed by atoms with E-state index in [4.69, 9.17) is 5.73 Å². The molecule has 2 heterocycles. The minimum atomic E-state index is -0.143. The zero-order valence-electron chi connectivity index (χ0n) is 11.6. The van der Waals surface area contributed by atoms with Crippen molar-refractivity contribution in [3.05, 3.63) is 24.0 Å². The first-order valence-corrected chi connectivity index (χ1v) is 6.80. The fraction of sp³-hybridized carbons (Fsp3) is 0.571. The van der Waals surface area contributed by atoms with E-state index in [1.807, 2.05) is 0 Å². The van der Waals surface area contributed by atoms with Gasteiger partial charge in [-0.15, -0.1) is 0 Å². The van der Waals surface area contributed by atoms with E-state index < -0.39 is 0 Å². The normalized spacial score (nSPS) is 19.8. The summed E-state index contributed by atoms with van der Waals surface area (Å²) < 4.78 is 0. The first kappa shape index (κ1) is 13.8. The van der Waals surface area contributed by atoms with E-state index in [1.165, 1.54) is 0 Å². The SMILES string of the molecule is CC(C)N1CCC(CNC(=O)c2cc(N)ccn2)C1. The standard InChI is InChI=1S/C14H22N4O/c1-10(2)18-6-4-11(9-18)8-17-14(19)13-7-12(15)3-5-16-13/h3,5,7,10-11H,4,6,8-9H2,1-2H3,(H2,15,16)(H,17,19). The molecule has 1 fully saturated rings. The fourth-order valence-corrected chi connectivity index (χ4v) is 2.40. The van der Waals surface area contributed by atoms with E-state index in [0.29, 0.717) is 29.9 Å². The maximum Gasteiger partial charge on any atom is 0.269 e. The average Bonchev–Trinajstić information content (AvgIpc) is 2.85. The number of nitrogens with zero attached hydrogens (tertiary/aromatic N) is 2. The van der Waals surface area contributed by atoms with Crippen molar-refractivity contribution in [1.82, 2.24) is 15.2 Å². The number of amides is 1. The van der Waals surface area contributed by atoms with E-state index in [9.17, 15) is 4.79 Å². The van der Waals surface area contributed by atoms with Crippen LogP contribution in [0.3, 0.4) is 0 Å². The molecule has 1 unspecified atom stereocenters. The second kappa shape index (κ2) is 6.02. The quantitative estimate of drug-likeness (QED) is 0.853. The molecule has 1 aliphatic rings. The lowest BCUT2D eigenvalue weighted by molar-refractivity contribution is 0.0942. The molecule has 19 heavy (non-hydrogen) atoms. The molecule has 0 bridgehead atoms. The summed E-state index contributed by atoms with van der Waals surface area (Å²) in [4.78, 5) is 18.4. The summed E-state index contributed by atoms with van der Waals surface area (Å²) in [6.45, 7) is 7.30. The van der Waals surface area contributed by atoms with Gasteiger partial charge in [-0.05, 0) is 44.9 Å². The molecule has 1 amide bonds. The van der Waals surface area contributed by atoms with Crippen molar-refractivity contribution in [2.75, 3.05) is 25.4 Å². The third-order valence-corrected chi connectivity index (χ3v) is 3.62. The number of nitrogen functional groups attached to an aromatic ring is 1. The van der Waals surface area contributed by atoms with Crippen molar-refractivity contribution in [2.45, 2.75) is 26.3 Å². The summed E-state index contributed by atoms with van der Waals surface area (Å²) in [6, 6.07) is 3.86. The number of anilines is 1. The van der Waals surface area contributed by atoms with Crippen molar-refractivity contribution >= 4 is 11.6 Å². The van der Waals surface area contributed by atoms with E-state index in [-0.39, 0.29) is 5.91 Å². The van der Waals surface area contributed by atoms with Crippen molar-refractivity contribution < 1.29 is 4.79 Å². The highest BCUT2D eigenvalue weighted by atomic mass is 16.1. The molecule has 104 valence electrons. The Kier molecular flexibility index (Phi) is 4.37. The summed E-state index contributed by atoms with van der Waals surface area (Å²) >= 11 is 0. The molecule has 0 aromatic carbocycles. The third kappa shape index (κ3) is 3.67. The van der Waals surface area contributed by atoms with Gasteiger partial charge in [-0.25, -0.2) is 0 Å². The number of nitrogens with one attached hydrogen (secondary N) is 1. The van der Waals surface area contributed by atoms with Crippen molar-refractivity contribution in [3.63, 3.8) is 0 Å². The molecule has 1 aliphatic heterocycles. The maximum absolute atomic E-state index is 11.9. The van der Waals surface area contributed by atoms with Crippen LogP contribution in [-0.2, 0) is 0 Å². The molecular weight excluding hydrogens is 240 g/mol. The van der Waals surface area contributed by atoms with Gasteiger partial charge in [0.15, 0.2) is 0 Å². The van der Waals surface area contributed by atoms with Gasteiger partial charge in [0, 0.05) is 31.0 Å². The van der Waals surface area contributed by atoms with Crippen LogP contribution in [0.2, 0.25) is 0 Å². The number of carbonyl (C=O) groups is 1. The summed E-state index contributed by atoms with van der Waals surface area (Å²) in [5, 5.41) is 2.94. The van der Waals surface area contributed by atoms with Crippen LogP contribution in [0.4, 0.5) is 5.69 Å². The second-order valence-electron chi connectivity index (χ2n) is 5.43. The van der Waals surface area contributed by atoms with Gasteiger partial charge >= 0.3 is 0 Å². The summed E-state index contributed by atoms with van der Waals surface area (Å²) in [7, 11) is 0. The van der Waals surface area contributed by atoms with E-state index in [1.54, 1.807) is 18.3 Å². The van der Waals surface area contributed by atoms with Crippen LogP contribution in [-0.4, -0.2) is 41.5 Å². The van der Waals surface area contributed by atoms with Crippen LogP contribution in [0, 0.1) is 5.92 Å². The molecule has 1 aromatic heterocycles. The third-order valence-electron chi connectivity index (χ3n) is 3.62. The highest BCUT2D eigenvalue weighted by Gasteiger charge is 2.24. The Hall–Kier alpha value is -1.62. The lowest BCUT2D eigenvalue weighted by Crippen LogP contribution is -2.33. The lowest BCUT2D eigenvalue weighted by atomic mass is 10.1. The predicted octanol–water partition coefficient (Wildman–Crippen LogP) is 1.12. The highest BCUT2D eigenvalue weighted by Crippen LogP contribution is 2.17. The molecule has 0 spiro atoms. The Balaban J connectivity index is 1.82. The van der Waals surface area contributed by atoms with Gasteiger partial charge in [-0.2, -0.15) is 0 Å². The number of aromatic nitrogens is 1. The van der Waals surface area contributed by atoms with Crippen molar-refractivity contribution in [3.8, 4) is 0 Å². The Labute approximate surface area is 114 Å². The Morgan fingerprint density at radius 2 is 2.42 bits per heavy atom. The van der Waals surface area contributed by atoms with Crippen LogP contribution in [0.5, 0.6) is 0 Å². The van der Waals surface area contributed by atoms with Crippen molar-refractivity contribution in [2.24, 2.45) is 5.92 Å². The number of carbonyl (C=O) groups excluding carboxylic acids is 1. The van der Waals surface area contributed by atoms with Gasteiger partial charge in [-0.3, -0.25) is 9.78 Å². The summed E-state index contributed by atoms with van der Waals surface area (Å²) in [6.07, 6.45) is 2.70. The average molecular weight is 262 g/mol. The molecule has 0 saturated carbocycles. The number of hydrogen-bond acceptors (Lipinski definition) is 4. The predicted molar refractivity (Wildman–Crippen MR) is 75.8 cm³/mol. The molecule has 1 atom stereocenters. The van der Waals surface area contributed by atoms with Crippen LogP contribution in [0.15, 0.2) is 18.3 Å². The van der Waals surface area contributed by atoms with E-state index in [0.717, 1.165) is 19.5 Å². The zero-order valence-corrected chi connectivity index (χ0v) is 11.6. The largest absolute Gasteiger partial charge is 0.399 e. The molecule has 1 aromatic rings. The minimum absolute atomic E-state index is 0.143. The Bertz CT molecular complexity index is 447. The second-order valence-corrected chi connectivity index (χ2v) is 5.43. The van der Waals surface area contributed by atoms with Crippen LogP contribution in [0.1, 0.15) is 30.8 Å². The minimum Gasteiger partial charge on any atom is -0.399 e. The van der Waals surface area contributed by atoms with Gasteiger partial charge < -0.3 is 16.0 Å². The van der Waals surface area contributed by atoms with E-state index in [2.05, 4.69) is 29.0 Å². The first-order valence-electron chi connectivity index (χ1n) is 6.80. The summed E-state index contributed by atoms with van der Waals surface area (Å²) in [5.41, 5.74) is 6.59. The fourth-order valence-electron chi connectivity index (χ4n) is 2.40. The Morgan fingerprint density at radius 3 is 3.05 bits per heavy atom. The molecular formula is C14H22N4O.